The Morgan fingerprint density at radius 3 is 2.26 bits per heavy atom. The smallest absolute Gasteiger partial charge is 0.225 e. The highest BCUT2D eigenvalue weighted by Gasteiger charge is 2.15. The van der Waals surface area contributed by atoms with Gasteiger partial charge in [0.15, 0.2) is 5.82 Å². The van der Waals surface area contributed by atoms with Crippen molar-refractivity contribution in [3.8, 4) is 0 Å². The molecular weight excluding hydrogens is 294 g/mol. The number of rotatable bonds is 8. The molecule has 1 unspecified atom stereocenters. The summed E-state index contributed by atoms with van der Waals surface area (Å²) >= 11 is 0. The van der Waals surface area contributed by atoms with E-state index in [1.54, 1.807) is 21.0 Å². The van der Waals surface area contributed by atoms with Crippen molar-refractivity contribution in [1.82, 2.24) is 19.9 Å². The van der Waals surface area contributed by atoms with Gasteiger partial charge in [0.25, 0.3) is 0 Å². The Kier molecular flexibility index (Phi) is 5.86. The number of aliphatic hydroxyl groups excluding tert-OH is 1. The average Bonchev–Trinajstić information content (AvgIpc) is 2.56. The summed E-state index contributed by atoms with van der Waals surface area (Å²) in [6, 6.07) is 0. The van der Waals surface area contributed by atoms with Gasteiger partial charge in [0.2, 0.25) is 11.9 Å². The molecule has 8 heteroatoms. The molecule has 1 atom stereocenters. The predicted octanol–water partition coefficient (Wildman–Crippen LogP) is 1.64. The van der Waals surface area contributed by atoms with Crippen molar-refractivity contribution in [2.45, 2.75) is 39.2 Å². The average molecular weight is 319 g/mol. The van der Waals surface area contributed by atoms with E-state index in [9.17, 15) is 5.11 Å². The molecule has 0 saturated heterocycles. The predicted molar refractivity (Wildman–Crippen MR) is 93.0 cm³/mol. The molecule has 0 aliphatic heterocycles. The molecular formula is C15H25N7O. The van der Waals surface area contributed by atoms with E-state index in [1.165, 1.54) is 0 Å². The van der Waals surface area contributed by atoms with Gasteiger partial charge in [-0.2, -0.15) is 4.98 Å². The van der Waals surface area contributed by atoms with Crippen molar-refractivity contribution in [2.24, 2.45) is 0 Å². The molecule has 0 aliphatic rings. The molecule has 4 N–H and O–H groups in total. The number of aliphatic hydroxyl groups is 1. The van der Waals surface area contributed by atoms with Gasteiger partial charge >= 0.3 is 0 Å². The highest BCUT2D eigenvalue weighted by Crippen LogP contribution is 2.24. The molecule has 0 amide bonds. The van der Waals surface area contributed by atoms with E-state index in [2.05, 4.69) is 42.8 Å². The second-order valence-corrected chi connectivity index (χ2v) is 5.40. The molecule has 2 aromatic heterocycles. The lowest BCUT2D eigenvalue weighted by Gasteiger charge is -2.13. The van der Waals surface area contributed by atoms with Crippen LogP contribution in [0.2, 0.25) is 0 Å². The van der Waals surface area contributed by atoms with Crippen molar-refractivity contribution < 1.29 is 5.11 Å². The molecule has 126 valence electrons. The summed E-state index contributed by atoms with van der Waals surface area (Å²) in [6.07, 6.45) is 1.84. The highest BCUT2D eigenvalue weighted by molar-refractivity contribution is 5.88. The summed E-state index contributed by atoms with van der Waals surface area (Å²) in [6.45, 7) is 4.67. The fraction of sp³-hybridized carbons (Fsp3) is 0.600. The minimum atomic E-state index is -0.388. The fourth-order valence-corrected chi connectivity index (χ4v) is 2.18. The van der Waals surface area contributed by atoms with Crippen molar-refractivity contribution in [1.29, 1.82) is 0 Å². The van der Waals surface area contributed by atoms with Crippen LogP contribution in [0.5, 0.6) is 0 Å². The molecule has 0 spiro atoms. The lowest BCUT2D eigenvalue weighted by Crippen LogP contribution is -2.11. The normalized spacial score (nSPS) is 12.2. The first-order valence-corrected chi connectivity index (χ1v) is 7.95. The Hall–Kier alpha value is -2.22. The SMILES string of the molecule is CCCNc1nc(NC)nc2c(CCC(C)O)nc(NC)nc12. The monoisotopic (exact) mass is 319 g/mol. The van der Waals surface area contributed by atoms with Gasteiger partial charge < -0.3 is 21.1 Å². The molecule has 2 heterocycles. The van der Waals surface area contributed by atoms with E-state index in [-0.39, 0.29) is 6.10 Å². The molecule has 0 bridgehead atoms. The molecule has 2 rings (SSSR count). The van der Waals surface area contributed by atoms with Crippen LogP contribution >= 0.6 is 0 Å². The van der Waals surface area contributed by atoms with E-state index >= 15 is 0 Å². The van der Waals surface area contributed by atoms with Crippen LogP contribution in [0.15, 0.2) is 0 Å². The van der Waals surface area contributed by atoms with E-state index < -0.39 is 0 Å². The van der Waals surface area contributed by atoms with Gasteiger partial charge in [-0.3, -0.25) is 0 Å². The van der Waals surface area contributed by atoms with Crippen LogP contribution in [0.25, 0.3) is 11.0 Å². The van der Waals surface area contributed by atoms with Crippen LogP contribution in [0.1, 0.15) is 32.4 Å². The van der Waals surface area contributed by atoms with Crippen LogP contribution in [0.4, 0.5) is 17.7 Å². The van der Waals surface area contributed by atoms with Crippen molar-refractivity contribution in [3.63, 3.8) is 0 Å². The Morgan fingerprint density at radius 2 is 1.65 bits per heavy atom. The molecule has 0 radical (unpaired) electrons. The third-order valence-corrected chi connectivity index (χ3v) is 3.40. The van der Waals surface area contributed by atoms with Crippen LogP contribution in [0.3, 0.4) is 0 Å². The maximum atomic E-state index is 9.57. The number of anilines is 3. The minimum Gasteiger partial charge on any atom is -0.393 e. The summed E-state index contributed by atoms with van der Waals surface area (Å²) in [4.78, 5) is 18.0. The third kappa shape index (κ3) is 4.16. The Labute approximate surface area is 136 Å². The van der Waals surface area contributed by atoms with Crippen molar-refractivity contribution in [2.75, 3.05) is 36.6 Å². The Balaban J connectivity index is 2.58. The number of fused-ring (bicyclic) bond motifs is 1. The number of nitrogens with one attached hydrogen (secondary N) is 3. The van der Waals surface area contributed by atoms with Crippen LogP contribution < -0.4 is 16.0 Å². The van der Waals surface area contributed by atoms with Gasteiger partial charge in [-0.25, -0.2) is 15.0 Å². The topological polar surface area (TPSA) is 108 Å². The van der Waals surface area contributed by atoms with Gasteiger partial charge in [0.1, 0.15) is 11.0 Å². The molecule has 2 aromatic rings. The van der Waals surface area contributed by atoms with Gasteiger partial charge in [-0.05, 0) is 26.2 Å². The second kappa shape index (κ2) is 7.87. The van der Waals surface area contributed by atoms with Gasteiger partial charge in [0.05, 0.1) is 11.8 Å². The summed E-state index contributed by atoms with van der Waals surface area (Å²) in [7, 11) is 3.56. The zero-order valence-corrected chi connectivity index (χ0v) is 14.1. The quantitative estimate of drug-likeness (QED) is 0.581. The highest BCUT2D eigenvalue weighted by atomic mass is 16.3. The lowest BCUT2D eigenvalue weighted by molar-refractivity contribution is 0.184. The number of nitrogens with zero attached hydrogens (tertiary/aromatic N) is 4. The van der Waals surface area contributed by atoms with Crippen LogP contribution in [0, 0.1) is 0 Å². The zero-order valence-electron chi connectivity index (χ0n) is 14.1. The molecule has 0 saturated carbocycles. The van der Waals surface area contributed by atoms with E-state index in [0.29, 0.717) is 41.6 Å². The maximum Gasteiger partial charge on any atom is 0.225 e. The largest absolute Gasteiger partial charge is 0.393 e. The number of aryl methyl sites for hydroxylation is 1. The van der Waals surface area contributed by atoms with Crippen molar-refractivity contribution >= 4 is 28.7 Å². The summed E-state index contributed by atoms with van der Waals surface area (Å²) < 4.78 is 0. The number of aromatic nitrogens is 4. The summed E-state index contributed by atoms with van der Waals surface area (Å²) in [5.74, 6) is 1.74. The maximum absolute atomic E-state index is 9.57. The number of hydrogen-bond acceptors (Lipinski definition) is 8. The Bertz CT molecular complexity index is 660. The van der Waals surface area contributed by atoms with Crippen LogP contribution in [-0.2, 0) is 6.42 Å². The van der Waals surface area contributed by atoms with Crippen molar-refractivity contribution in [3.05, 3.63) is 5.69 Å². The summed E-state index contributed by atoms with van der Waals surface area (Å²) in [5, 5.41) is 18.8. The standard InChI is InChI=1S/C15H25N7O/c1-5-8-18-13-12-11(20-15(17-4)22-13)10(7-6-9(2)23)19-14(16-3)21-12/h9,23H,5-8H2,1-4H3,(H,16,19,21)(H2,17,18,20,22). The van der Waals surface area contributed by atoms with E-state index in [1.807, 2.05) is 0 Å². The number of hydrogen-bond donors (Lipinski definition) is 4. The fourth-order valence-electron chi connectivity index (χ4n) is 2.18. The molecule has 0 aliphatic carbocycles. The van der Waals surface area contributed by atoms with E-state index in [4.69, 9.17) is 0 Å². The lowest BCUT2D eigenvalue weighted by atomic mass is 10.1. The molecule has 23 heavy (non-hydrogen) atoms. The van der Waals surface area contributed by atoms with Gasteiger partial charge in [-0.1, -0.05) is 6.92 Å². The molecule has 0 aromatic carbocycles. The first-order chi connectivity index (χ1) is 11.1. The molecule has 8 nitrogen and oxygen atoms in total. The van der Waals surface area contributed by atoms with E-state index in [0.717, 1.165) is 18.7 Å². The first-order valence-electron chi connectivity index (χ1n) is 7.95. The van der Waals surface area contributed by atoms with Crippen LogP contribution in [-0.4, -0.2) is 51.8 Å². The zero-order chi connectivity index (χ0) is 16.8. The van der Waals surface area contributed by atoms with Gasteiger partial charge in [0, 0.05) is 20.6 Å². The minimum absolute atomic E-state index is 0.388. The van der Waals surface area contributed by atoms with Gasteiger partial charge in [-0.15, -0.1) is 0 Å². The molecule has 0 fully saturated rings. The third-order valence-electron chi connectivity index (χ3n) is 3.40. The second-order valence-electron chi connectivity index (χ2n) is 5.40. The Morgan fingerprint density at radius 1 is 1.00 bits per heavy atom. The first kappa shape index (κ1) is 17.1. The summed E-state index contributed by atoms with van der Waals surface area (Å²) in [5.41, 5.74) is 2.21.